The quantitative estimate of drug-likeness (QED) is 0.782. The van der Waals surface area contributed by atoms with Gasteiger partial charge in [-0.3, -0.25) is 9.48 Å². The summed E-state index contributed by atoms with van der Waals surface area (Å²) in [6, 6.07) is 11.9. The van der Waals surface area contributed by atoms with Crippen LogP contribution < -0.4 is 5.32 Å². The van der Waals surface area contributed by atoms with Crippen LogP contribution in [0.3, 0.4) is 0 Å². The molecule has 0 aliphatic heterocycles. The number of rotatable bonds is 4. The van der Waals surface area contributed by atoms with Crippen molar-refractivity contribution in [3.8, 4) is 0 Å². The number of benzene rings is 1. The van der Waals surface area contributed by atoms with E-state index in [1.165, 1.54) is 5.56 Å². The molecule has 0 atom stereocenters. The maximum atomic E-state index is 12.7. The molecule has 1 N–H and O–H groups in total. The lowest BCUT2D eigenvalue weighted by atomic mass is 9.92. The van der Waals surface area contributed by atoms with Crippen LogP contribution in [0.2, 0.25) is 0 Å². The Morgan fingerprint density at radius 1 is 1.19 bits per heavy atom. The van der Waals surface area contributed by atoms with Gasteiger partial charge in [0, 0.05) is 18.5 Å². The SMILES string of the molecule is Cc1cccc(Cn2nccc2NC(=O)c2cc(C(C)(C)C)nn2C)c1. The molecule has 1 aromatic carbocycles. The summed E-state index contributed by atoms with van der Waals surface area (Å²) >= 11 is 0. The fraction of sp³-hybridized carbons (Fsp3) is 0.350. The zero-order chi connectivity index (χ0) is 18.9. The molecule has 0 radical (unpaired) electrons. The van der Waals surface area contributed by atoms with E-state index in [9.17, 15) is 4.79 Å². The Morgan fingerprint density at radius 2 is 1.96 bits per heavy atom. The van der Waals surface area contributed by atoms with E-state index in [1.54, 1.807) is 28.7 Å². The van der Waals surface area contributed by atoms with E-state index in [0.29, 0.717) is 18.1 Å². The van der Waals surface area contributed by atoms with Gasteiger partial charge in [-0.05, 0) is 18.6 Å². The summed E-state index contributed by atoms with van der Waals surface area (Å²) in [6.45, 7) is 8.89. The Morgan fingerprint density at radius 3 is 2.62 bits per heavy atom. The molecule has 3 rings (SSSR count). The number of nitrogens with one attached hydrogen (secondary N) is 1. The largest absolute Gasteiger partial charge is 0.305 e. The van der Waals surface area contributed by atoms with Gasteiger partial charge in [0.2, 0.25) is 0 Å². The number of anilines is 1. The monoisotopic (exact) mass is 351 g/mol. The number of aromatic nitrogens is 4. The highest BCUT2D eigenvalue weighted by molar-refractivity contribution is 6.02. The van der Waals surface area contributed by atoms with Crippen LogP contribution in [0.25, 0.3) is 0 Å². The zero-order valence-electron chi connectivity index (χ0n) is 15.9. The lowest BCUT2D eigenvalue weighted by Crippen LogP contribution is -2.19. The average Bonchev–Trinajstić information content (AvgIpc) is 3.14. The number of amides is 1. The minimum Gasteiger partial charge on any atom is -0.305 e. The van der Waals surface area contributed by atoms with Crippen molar-refractivity contribution in [2.45, 2.75) is 39.7 Å². The van der Waals surface area contributed by atoms with E-state index < -0.39 is 0 Å². The molecule has 0 aliphatic carbocycles. The van der Waals surface area contributed by atoms with Crippen molar-refractivity contribution in [2.24, 2.45) is 7.05 Å². The van der Waals surface area contributed by atoms with Crippen molar-refractivity contribution in [2.75, 3.05) is 5.32 Å². The fourth-order valence-corrected chi connectivity index (χ4v) is 2.77. The second-order valence-corrected chi connectivity index (χ2v) is 7.61. The molecule has 26 heavy (non-hydrogen) atoms. The van der Waals surface area contributed by atoms with Crippen molar-refractivity contribution in [1.29, 1.82) is 0 Å². The predicted octanol–water partition coefficient (Wildman–Crippen LogP) is 3.52. The Labute approximate surface area is 153 Å². The minimum atomic E-state index is -0.193. The molecule has 0 aliphatic rings. The van der Waals surface area contributed by atoms with Gasteiger partial charge in [0.25, 0.3) is 5.91 Å². The van der Waals surface area contributed by atoms with Gasteiger partial charge in [0.15, 0.2) is 0 Å². The third kappa shape index (κ3) is 3.85. The van der Waals surface area contributed by atoms with Crippen LogP contribution in [0.5, 0.6) is 0 Å². The number of carbonyl (C=O) groups excluding carboxylic acids is 1. The molecule has 6 nitrogen and oxygen atoms in total. The van der Waals surface area contributed by atoms with Crippen LogP contribution in [0, 0.1) is 6.92 Å². The van der Waals surface area contributed by atoms with Gasteiger partial charge >= 0.3 is 0 Å². The molecular formula is C20H25N5O. The highest BCUT2D eigenvalue weighted by atomic mass is 16.2. The summed E-state index contributed by atoms with van der Waals surface area (Å²) in [4.78, 5) is 12.7. The Bertz CT molecular complexity index is 930. The summed E-state index contributed by atoms with van der Waals surface area (Å²) < 4.78 is 3.41. The highest BCUT2D eigenvalue weighted by Crippen LogP contribution is 2.22. The Hall–Kier alpha value is -2.89. The number of aryl methyl sites for hydroxylation is 2. The molecule has 0 saturated heterocycles. The molecule has 3 aromatic rings. The van der Waals surface area contributed by atoms with Crippen LogP contribution in [-0.4, -0.2) is 25.5 Å². The van der Waals surface area contributed by atoms with Gasteiger partial charge in [-0.25, -0.2) is 4.68 Å². The molecule has 0 spiro atoms. The van der Waals surface area contributed by atoms with Crippen molar-refractivity contribution in [1.82, 2.24) is 19.6 Å². The van der Waals surface area contributed by atoms with Crippen LogP contribution >= 0.6 is 0 Å². The maximum Gasteiger partial charge on any atom is 0.275 e. The second-order valence-electron chi connectivity index (χ2n) is 7.61. The first-order valence-electron chi connectivity index (χ1n) is 8.67. The van der Waals surface area contributed by atoms with E-state index in [0.717, 1.165) is 11.3 Å². The Balaban J connectivity index is 1.79. The fourth-order valence-electron chi connectivity index (χ4n) is 2.77. The molecule has 136 valence electrons. The standard InChI is InChI=1S/C20H25N5O/c1-14-7-6-8-15(11-14)13-25-18(9-10-21-25)22-19(26)16-12-17(20(2,3)4)23-24(16)5/h6-12H,13H2,1-5H3,(H,22,26). The van der Waals surface area contributed by atoms with Gasteiger partial charge < -0.3 is 5.32 Å². The lowest BCUT2D eigenvalue weighted by molar-refractivity contribution is 0.101. The normalized spacial score (nSPS) is 11.6. The minimum absolute atomic E-state index is 0.108. The molecule has 6 heteroatoms. The second kappa shape index (κ2) is 6.78. The summed E-state index contributed by atoms with van der Waals surface area (Å²) in [5, 5.41) is 11.7. The van der Waals surface area contributed by atoms with E-state index >= 15 is 0 Å². The number of carbonyl (C=O) groups is 1. The van der Waals surface area contributed by atoms with Gasteiger partial charge in [0.1, 0.15) is 11.5 Å². The summed E-state index contributed by atoms with van der Waals surface area (Å²) in [6.07, 6.45) is 1.69. The van der Waals surface area contributed by atoms with E-state index in [2.05, 4.69) is 61.4 Å². The molecular weight excluding hydrogens is 326 g/mol. The van der Waals surface area contributed by atoms with Crippen LogP contribution in [0.1, 0.15) is 48.1 Å². The van der Waals surface area contributed by atoms with Crippen molar-refractivity contribution >= 4 is 11.7 Å². The first kappa shape index (κ1) is 17.9. The first-order valence-corrected chi connectivity index (χ1v) is 8.67. The predicted molar refractivity (Wildman–Crippen MR) is 102 cm³/mol. The average molecular weight is 351 g/mol. The number of nitrogens with zero attached hydrogens (tertiary/aromatic N) is 4. The molecule has 0 saturated carbocycles. The van der Waals surface area contributed by atoms with Crippen molar-refractivity contribution < 1.29 is 4.79 Å². The van der Waals surface area contributed by atoms with Crippen LogP contribution in [-0.2, 0) is 19.0 Å². The smallest absolute Gasteiger partial charge is 0.275 e. The van der Waals surface area contributed by atoms with Gasteiger partial charge in [0.05, 0.1) is 18.4 Å². The maximum absolute atomic E-state index is 12.7. The number of hydrogen-bond acceptors (Lipinski definition) is 3. The van der Waals surface area contributed by atoms with Gasteiger partial charge in [-0.1, -0.05) is 50.6 Å². The van der Waals surface area contributed by atoms with E-state index in [-0.39, 0.29) is 11.3 Å². The Kier molecular flexibility index (Phi) is 4.68. The molecule has 0 fully saturated rings. The summed E-state index contributed by atoms with van der Waals surface area (Å²) in [5.41, 5.74) is 3.64. The molecule has 0 unspecified atom stereocenters. The topological polar surface area (TPSA) is 64.7 Å². The molecule has 2 heterocycles. The van der Waals surface area contributed by atoms with E-state index in [4.69, 9.17) is 0 Å². The lowest BCUT2D eigenvalue weighted by Gasteiger charge is -2.13. The zero-order valence-corrected chi connectivity index (χ0v) is 15.9. The molecule has 2 aromatic heterocycles. The van der Waals surface area contributed by atoms with Gasteiger partial charge in [-0.2, -0.15) is 10.2 Å². The van der Waals surface area contributed by atoms with E-state index in [1.807, 2.05) is 12.1 Å². The summed E-state index contributed by atoms with van der Waals surface area (Å²) in [7, 11) is 1.79. The van der Waals surface area contributed by atoms with Crippen molar-refractivity contribution in [3.63, 3.8) is 0 Å². The summed E-state index contributed by atoms with van der Waals surface area (Å²) in [5.74, 6) is 0.469. The van der Waals surface area contributed by atoms with Crippen molar-refractivity contribution in [3.05, 3.63) is 65.1 Å². The van der Waals surface area contributed by atoms with Crippen LogP contribution in [0.4, 0.5) is 5.82 Å². The molecule has 1 amide bonds. The first-order chi connectivity index (χ1) is 12.2. The van der Waals surface area contributed by atoms with Gasteiger partial charge in [-0.15, -0.1) is 0 Å². The third-order valence-corrected chi connectivity index (χ3v) is 4.25. The molecule has 0 bridgehead atoms. The third-order valence-electron chi connectivity index (χ3n) is 4.25. The highest BCUT2D eigenvalue weighted by Gasteiger charge is 2.22. The number of hydrogen-bond donors (Lipinski definition) is 1. The van der Waals surface area contributed by atoms with Crippen LogP contribution in [0.15, 0.2) is 42.6 Å².